The molecule has 0 saturated heterocycles. The Bertz CT molecular complexity index is 615. The van der Waals surface area contributed by atoms with E-state index >= 15 is 0 Å². The first-order chi connectivity index (χ1) is 8.36. The van der Waals surface area contributed by atoms with Crippen molar-refractivity contribution < 1.29 is 0 Å². The maximum absolute atomic E-state index is 2.35. The van der Waals surface area contributed by atoms with Gasteiger partial charge in [-0.3, -0.25) is 0 Å². The minimum atomic E-state index is 1.08. The van der Waals surface area contributed by atoms with Gasteiger partial charge in [0.2, 0.25) is 0 Å². The Labute approximate surface area is 102 Å². The lowest BCUT2D eigenvalue weighted by molar-refractivity contribution is 1.05. The van der Waals surface area contributed by atoms with Crippen LogP contribution in [0.5, 0.6) is 0 Å². The number of hydrogen-bond donors (Lipinski definition) is 0. The highest BCUT2D eigenvalue weighted by atomic mass is 14.1. The van der Waals surface area contributed by atoms with E-state index in [0.29, 0.717) is 0 Å². The zero-order valence-corrected chi connectivity index (χ0v) is 10.1. The Kier molecular flexibility index (Phi) is 2.56. The van der Waals surface area contributed by atoms with Crippen LogP contribution in [0.25, 0.3) is 22.9 Å². The summed E-state index contributed by atoms with van der Waals surface area (Å²) >= 11 is 0. The Hall–Kier alpha value is -1.82. The van der Waals surface area contributed by atoms with Gasteiger partial charge in [0.1, 0.15) is 0 Å². The van der Waals surface area contributed by atoms with Crippen molar-refractivity contribution in [3.63, 3.8) is 0 Å². The molecule has 0 amide bonds. The van der Waals surface area contributed by atoms with Gasteiger partial charge in [-0.2, -0.15) is 0 Å². The van der Waals surface area contributed by atoms with Gasteiger partial charge < -0.3 is 0 Å². The maximum atomic E-state index is 2.35. The summed E-state index contributed by atoms with van der Waals surface area (Å²) in [7, 11) is 0. The van der Waals surface area contributed by atoms with E-state index in [9.17, 15) is 0 Å². The largest absolute Gasteiger partial charge is 0.0798 e. The van der Waals surface area contributed by atoms with Crippen LogP contribution < -0.4 is 0 Å². The molecule has 0 heterocycles. The summed E-state index contributed by atoms with van der Waals surface area (Å²) < 4.78 is 0. The Morgan fingerprint density at radius 1 is 1.00 bits per heavy atom. The molecule has 3 rings (SSSR count). The molecule has 0 atom stereocenters. The predicted octanol–water partition coefficient (Wildman–Crippen LogP) is 5.05. The topological polar surface area (TPSA) is 0 Å². The molecule has 0 bridgehead atoms. The van der Waals surface area contributed by atoms with E-state index in [0.717, 1.165) is 12.8 Å². The molecule has 1 aliphatic rings. The third-order valence-corrected chi connectivity index (χ3v) is 3.44. The molecule has 0 heteroatoms. The summed E-state index contributed by atoms with van der Waals surface area (Å²) in [4.78, 5) is 0. The maximum Gasteiger partial charge on any atom is -0.0132 e. The average molecular weight is 220 g/mol. The molecule has 0 nitrogen and oxygen atoms in total. The predicted molar refractivity (Wildman–Crippen MR) is 75.9 cm³/mol. The van der Waals surface area contributed by atoms with Crippen LogP contribution in [0.2, 0.25) is 0 Å². The van der Waals surface area contributed by atoms with Crippen molar-refractivity contribution in [2.24, 2.45) is 0 Å². The normalized spacial score (nSPS) is 14.3. The quantitative estimate of drug-likeness (QED) is 0.631. The molecule has 2 aromatic carbocycles. The smallest absolute Gasteiger partial charge is 0.0132 e. The monoisotopic (exact) mass is 220 g/mol. The molecular formula is C17H16. The van der Waals surface area contributed by atoms with Crippen molar-refractivity contribution in [3.8, 4) is 0 Å². The van der Waals surface area contributed by atoms with E-state index in [4.69, 9.17) is 0 Å². The van der Waals surface area contributed by atoms with Crippen molar-refractivity contribution in [3.05, 3.63) is 59.2 Å². The van der Waals surface area contributed by atoms with Crippen molar-refractivity contribution in [1.82, 2.24) is 0 Å². The van der Waals surface area contributed by atoms with Crippen molar-refractivity contribution in [1.29, 1.82) is 0 Å². The Morgan fingerprint density at radius 3 is 2.41 bits per heavy atom. The summed E-state index contributed by atoms with van der Waals surface area (Å²) in [5, 5.41) is 2.65. The van der Waals surface area contributed by atoms with Crippen LogP contribution in [0.4, 0.5) is 0 Å². The molecular weight excluding hydrogens is 204 g/mol. The van der Waals surface area contributed by atoms with Crippen LogP contribution >= 0.6 is 0 Å². The highest BCUT2D eigenvalue weighted by Gasteiger charge is 2.04. The molecule has 0 fully saturated rings. The highest BCUT2D eigenvalue weighted by molar-refractivity contribution is 5.89. The fourth-order valence-corrected chi connectivity index (χ4v) is 2.41. The first-order valence-corrected chi connectivity index (χ1v) is 6.25. The number of fused-ring (bicyclic) bond motifs is 2. The summed E-state index contributed by atoms with van der Waals surface area (Å²) in [6.07, 6.45) is 9.09. The molecule has 84 valence electrons. The van der Waals surface area contributed by atoms with Gasteiger partial charge in [-0.1, -0.05) is 55.0 Å². The fourth-order valence-electron chi connectivity index (χ4n) is 2.41. The van der Waals surface area contributed by atoms with Gasteiger partial charge in [0, 0.05) is 0 Å². The minimum Gasteiger partial charge on any atom is -0.0798 e. The van der Waals surface area contributed by atoms with Crippen LogP contribution in [0, 0.1) is 0 Å². The third kappa shape index (κ3) is 1.91. The van der Waals surface area contributed by atoms with Gasteiger partial charge in [-0.05, 0) is 46.9 Å². The third-order valence-electron chi connectivity index (χ3n) is 3.44. The van der Waals surface area contributed by atoms with Crippen LogP contribution in [0.1, 0.15) is 30.9 Å². The Morgan fingerprint density at radius 2 is 1.71 bits per heavy atom. The Balaban J connectivity index is 2.26. The first-order valence-electron chi connectivity index (χ1n) is 6.25. The molecule has 17 heavy (non-hydrogen) atoms. The molecule has 0 aromatic heterocycles. The van der Waals surface area contributed by atoms with Crippen LogP contribution in [0.3, 0.4) is 0 Å². The minimum absolute atomic E-state index is 1.08. The van der Waals surface area contributed by atoms with Gasteiger partial charge in [0.25, 0.3) is 0 Å². The second kappa shape index (κ2) is 4.21. The van der Waals surface area contributed by atoms with Gasteiger partial charge in [0.05, 0.1) is 0 Å². The van der Waals surface area contributed by atoms with Crippen LogP contribution in [0.15, 0.2) is 48.0 Å². The summed E-state index contributed by atoms with van der Waals surface area (Å²) in [6.45, 7) is 2.23. The average Bonchev–Trinajstić information content (AvgIpc) is 2.57. The first kappa shape index (κ1) is 10.3. The molecule has 0 aliphatic heterocycles. The zero-order chi connectivity index (χ0) is 11.7. The van der Waals surface area contributed by atoms with Gasteiger partial charge in [-0.25, -0.2) is 0 Å². The number of hydrogen-bond acceptors (Lipinski definition) is 0. The SMILES string of the molecule is CCC1=Cc2cc3ccccc3cc2C=CC1. The number of rotatable bonds is 1. The lowest BCUT2D eigenvalue weighted by Crippen LogP contribution is -1.83. The lowest BCUT2D eigenvalue weighted by Gasteiger charge is -2.05. The van der Waals surface area contributed by atoms with Crippen molar-refractivity contribution in [2.45, 2.75) is 19.8 Å². The second-order valence-corrected chi connectivity index (χ2v) is 4.59. The molecule has 0 spiro atoms. The van der Waals surface area contributed by atoms with E-state index < -0.39 is 0 Å². The lowest BCUT2D eigenvalue weighted by atomic mass is 10.00. The molecule has 0 unspecified atom stereocenters. The molecule has 0 radical (unpaired) electrons. The molecule has 0 saturated carbocycles. The van der Waals surface area contributed by atoms with Crippen LogP contribution in [-0.2, 0) is 0 Å². The summed E-state index contributed by atoms with van der Waals surface area (Å²) in [5.74, 6) is 0. The molecule has 2 aromatic rings. The highest BCUT2D eigenvalue weighted by Crippen LogP contribution is 2.27. The van der Waals surface area contributed by atoms with Gasteiger partial charge >= 0.3 is 0 Å². The van der Waals surface area contributed by atoms with Gasteiger partial charge in [0.15, 0.2) is 0 Å². The molecule has 1 aliphatic carbocycles. The van der Waals surface area contributed by atoms with Gasteiger partial charge in [-0.15, -0.1) is 0 Å². The van der Waals surface area contributed by atoms with Crippen LogP contribution in [-0.4, -0.2) is 0 Å². The van der Waals surface area contributed by atoms with Crippen molar-refractivity contribution >= 4 is 22.9 Å². The van der Waals surface area contributed by atoms with E-state index in [-0.39, 0.29) is 0 Å². The molecule has 0 N–H and O–H groups in total. The zero-order valence-electron chi connectivity index (χ0n) is 10.1. The van der Waals surface area contributed by atoms with E-state index in [2.05, 4.69) is 61.5 Å². The van der Waals surface area contributed by atoms with E-state index in [1.54, 1.807) is 0 Å². The number of benzene rings is 2. The summed E-state index contributed by atoms with van der Waals surface area (Å²) in [6, 6.07) is 13.2. The number of allylic oxidation sites excluding steroid dienone is 2. The summed E-state index contributed by atoms with van der Waals surface area (Å²) in [5.41, 5.74) is 4.21. The van der Waals surface area contributed by atoms with E-state index in [1.165, 1.54) is 27.5 Å². The second-order valence-electron chi connectivity index (χ2n) is 4.59. The van der Waals surface area contributed by atoms with Crippen molar-refractivity contribution in [2.75, 3.05) is 0 Å². The van der Waals surface area contributed by atoms with E-state index in [1.807, 2.05) is 0 Å². The standard InChI is InChI=1S/C17H16/c1-2-13-6-5-9-16-11-14-7-3-4-8-15(14)12-17(16)10-13/h3-5,7-12H,2,6H2,1H3. The fraction of sp³-hybridized carbons (Fsp3) is 0.176.